The molecule has 21 heavy (non-hydrogen) atoms. The Morgan fingerprint density at radius 2 is 2.14 bits per heavy atom. The van der Waals surface area contributed by atoms with Crippen LogP contribution < -0.4 is 0 Å². The SMILES string of the molecule is C=CC1C2CCc3cc(O)ccc3C2CC[C@]1(C)C(=C)C. The minimum absolute atomic E-state index is 0.192. The third-order valence-electron chi connectivity index (χ3n) is 6.19. The molecule has 1 aromatic carbocycles. The molecule has 1 fully saturated rings. The highest BCUT2D eigenvalue weighted by Crippen LogP contribution is 2.57. The topological polar surface area (TPSA) is 20.2 Å². The Bertz CT molecular complexity index is 586. The highest BCUT2D eigenvalue weighted by Gasteiger charge is 2.47. The van der Waals surface area contributed by atoms with E-state index in [4.69, 9.17) is 0 Å². The van der Waals surface area contributed by atoms with Gasteiger partial charge in [0.05, 0.1) is 0 Å². The Morgan fingerprint density at radius 3 is 2.81 bits per heavy atom. The lowest BCUT2D eigenvalue weighted by Gasteiger charge is -2.51. The first-order valence-electron chi connectivity index (χ1n) is 8.07. The van der Waals surface area contributed by atoms with Gasteiger partial charge in [-0.25, -0.2) is 0 Å². The van der Waals surface area contributed by atoms with Gasteiger partial charge < -0.3 is 5.11 Å². The summed E-state index contributed by atoms with van der Waals surface area (Å²) in [5.74, 6) is 2.19. The molecule has 0 heterocycles. The molecule has 0 amide bonds. The Morgan fingerprint density at radius 1 is 1.38 bits per heavy atom. The maximum absolute atomic E-state index is 9.71. The Balaban J connectivity index is 2.00. The van der Waals surface area contributed by atoms with Crippen molar-refractivity contribution >= 4 is 0 Å². The summed E-state index contributed by atoms with van der Waals surface area (Å²) in [6.45, 7) is 12.9. The van der Waals surface area contributed by atoms with E-state index in [1.165, 1.54) is 36.0 Å². The third-order valence-corrected chi connectivity index (χ3v) is 6.19. The Kier molecular flexibility index (Phi) is 3.47. The molecule has 2 aliphatic rings. The molecule has 0 aromatic heterocycles. The number of aromatic hydroxyl groups is 1. The summed E-state index contributed by atoms with van der Waals surface area (Å²) in [5, 5.41) is 9.71. The first-order valence-corrected chi connectivity index (χ1v) is 8.07. The van der Waals surface area contributed by atoms with Gasteiger partial charge in [0.2, 0.25) is 0 Å². The van der Waals surface area contributed by atoms with Crippen molar-refractivity contribution in [3.8, 4) is 5.75 Å². The van der Waals surface area contributed by atoms with Gasteiger partial charge in [0.25, 0.3) is 0 Å². The predicted octanol–water partition coefficient (Wildman–Crippen LogP) is 5.22. The van der Waals surface area contributed by atoms with Gasteiger partial charge in [0.15, 0.2) is 0 Å². The number of rotatable bonds is 2. The quantitative estimate of drug-likeness (QED) is 0.738. The second-order valence-corrected chi connectivity index (χ2v) is 7.19. The van der Waals surface area contributed by atoms with Crippen LogP contribution in [0.15, 0.2) is 43.0 Å². The van der Waals surface area contributed by atoms with Gasteiger partial charge in [-0.05, 0) is 79.0 Å². The second kappa shape index (κ2) is 5.05. The van der Waals surface area contributed by atoms with Crippen LogP contribution in [-0.4, -0.2) is 5.11 Å². The third kappa shape index (κ3) is 2.14. The monoisotopic (exact) mass is 282 g/mol. The van der Waals surface area contributed by atoms with E-state index in [2.05, 4.69) is 39.1 Å². The zero-order valence-corrected chi connectivity index (χ0v) is 13.2. The summed E-state index contributed by atoms with van der Waals surface area (Å²) in [7, 11) is 0. The molecule has 3 rings (SSSR count). The van der Waals surface area contributed by atoms with Crippen molar-refractivity contribution in [1.29, 1.82) is 0 Å². The minimum Gasteiger partial charge on any atom is -0.508 e. The van der Waals surface area contributed by atoms with Crippen LogP contribution >= 0.6 is 0 Å². The van der Waals surface area contributed by atoms with Crippen LogP contribution in [0.1, 0.15) is 50.2 Å². The zero-order valence-electron chi connectivity index (χ0n) is 13.2. The van der Waals surface area contributed by atoms with E-state index in [0.29, 0.717) is 23.5 Å². The lowest BCUT2D eigenvalue weighted by molar-refractivity contribution is 0.0950. The fourth-order valence-electron chi connectivity index (χ4n) is 4.75. The van der Waals surface area contributed by atoms with Crippen molar-refractivity contribution in [2.75, 3.05) is 0 Å². The summed E-state index contributed by atoms with van der Waals surface area (Å²) >= 11 is 0. The minimum atomic E-state index is 0.192. The first-order chi connectivity index (χ1) is 9.97. The molecule has 0 spiro atoms. The standard InChI is InChI=1S/C20H26O/c1-5-19-18-8-6-14-12-15(21)7-9-16(14)17(18)10-11-20(19,4)13(2)3/h5,7,9,12,17-19,21H,1-2,6,8,10-11H2,3-4H3/t17?,18?,19?,20-/m1/s1. The maximum Gasteiger partial charge on any atom is 0.115 e. The average molecular weight is 282 g/mol. The summed E-state index contributed by atoms with van der Waals surface area (Å²) in [6, 6.07) is 5.95. The largest absolute Gasteiger partial charge is 0.508 e. The molecule has 1 heteroatoms. The van der Waals surface area contributed by atoms with E-state index < -0.39 is 0 Å². The summed E-state index contributed by atoms with van der Waals surface area (Å²) < 4.78 is 0. The number of allylic oxidation sites excluding steroid dienone is 2. The van der Waals surface area contributed by atoms with E-state index >= 15 is 0 Å². The number of aryl methyl sites for hydroxylation is 1. The van der Waals surface area contributed by atoms with Crippen LogP contribution in [0.4, 0.5) is 0 Å². The second-order valence-electron chi connectivity index (χ2n) is 7.19. The van der Waals surface area contributed by atoms with Crippen molar-refractivity contribution in [3.05, 3.63) is 54.1 Å². The molecule has 0 saturated heterocycles. The van der Waals surface area contributed by atoms with Gasteiger partial charge in [-0.1, -0.05) is 31.2 Å². The molecule has 0 bridgehead atoms. The van der Waals surface area contributed by atoms with Crippen molar-refractivity contribution in [2.24, 2.45) is 17.3 Å². The first kappa shape index (κ1) is 14.4. The molecule has 1 nitrogen and oxygen atoms in total. The Hall–Kier alpha value is -1.50. The lowest BCUT2D eigenvalue weighted by atomic mass is 9.53. The normalized spacial score (nSPS) is 34.7. The van der Waals surface area contributed by atoms with Gasteiger partial charge >= 0.3 is 0 Å². The van der Waals surface area contributed by atoms with E-state index in [-0.39, 0.29) is 5.41 Å². The molecule has 4 atom stereocenters. The van der Waals surface area contributed by atoms with Gasteiger partial charge in [0, 0.05) is 0 Å². The van der Waals surface area contributed by atoms with Crippen LogP contribution in [0, 0.1) is 17.3 Å². The van der Waals surface area contributed by atoms with Gasteiger partial charge in [-0.2, -0.15) is 0 Å². The number of hydrogen-bond acceptors (Lipinski definition) is 1. The van der Waals surface area contributed by atoms with Crippen LogP contribution in [0.3, 0.4) is 0 Å². The van der Waals surface area contributed by atoms with Gasteiger partial charge in [-0.15, -0.1) is 6.58 Å². The van der Waals surface area contributed by atoms with Crippen LogP contribution in [0.5, 0.6) is 5.75 Å². The number of phenols is 1. The highest BCUT2D eigenvalue weighted by molar-refractivity contribution is 5.40. The lowest BCUT2D eigenvalue weighted by Crippen LogP contribution is -2.42. The van der Waals surface area contributed by atoms with Crippen LogP contribution in [0.2, 0.25) is 0 Å². The summed E-state index contributed by atoms with van der Waals surface area (Å²) in [4.78, 5) is 0. The molecule has 1 saturated carbocycles. The molecule has 1 aromatic rings. The smallest absolute Gasteiger partial charge is 0.115 e. The van der Waals surface area contributed by atoms with Crippen molar-refractivity contribution in [2.45, 2.75) is 45.4 Å². The number of hydrogen-bond donors (Lipinski definition) is 1. The van der Waals surface area contributed by atoms with Crippen molar-refractivity contribution in [1.82, 2.24) is 0 Å². The van der Waals surface area contributed by atoms with Crippen molar-refractivity contribution in [3.63, 3.8) is 0 Å². The molecule has 112 valence electrons. The highest BCUT2D eigenvalue weighted by atomic mass is 16.3. The fraction of sp³-hybridized carbons (Fsp3) is 0.500. The average Bonchev–Trinajstić information content (AvgIpc) is 2.46. The molecule has 0 aliphatic heterocycles. The van der Waals surface area contributed by atoms with Crippen molar-refractivity contribution < 1.29 is 5.11 Å². The summed E-state index contributed by atoms with van der Waals surface area (Å²) in [5.41, 5.74) is 4.29. The number of benzene rings is 1. The molecule has 0 radical (unpaired) electrons. The number of fused-ring (bicyclic) bond motifs is 3. The van der Waals surface area contributed by atoms with E-state index in [9.17, 15) is 5.11 Å². The molecule has 2 aliphatic carbocycles. The van der Waals surface area contributed by atoms with E-state index in [1.54, 1.807) is 0 Å². The molecule has 3 unspecified atom stereocenters. The van der Waals surface area contributed by atoms with Gasteiger partial charge in [0.1, 0.15) is 5.75 Å². The van der Waals surface area contributed by atoms with Crippen LogP contribution in [0.25, 0.3) is 0 Å². The molecule has 1 N–H and O–H groups in total. The fourth-order valence-corrected chi connectivity index (χ4v) is 4.75. The molecular weight excluding hydrogens is 256 g/mol. The Labute approximate surface area is 128 Å². The van der Waals surface area contributed by atoms with Crippen LogP contribution in [-0.2, 0) is 6.42 Å². The van der Waals surface area contributed by atoms with E-state index in [1.807, 2.05) is 12.1 Å². The predicted molar refractivity (Wildman–Crippen MR) is 88.5 cm³/mol. The maximum atomic E-state index is 9.71. The summed E-state index contributed by atoms with van der Waals surface area (Å²) in [6.07, 6.45) is 6.84. The zero-order chi connectivity index (χ0) is 15.2. The molecular formula is C20H26O. The van der Waals surface area contributed by atoms with E-state index in [0.717, 1.165) is 6.42 Å². The van der Waals surface area contributed by atoms with Gasteiger partial charge in [-0.3, -0.25) is 0 Å². The number of phenolic OH excluding ortho intramolecular Hbond substituents is 1.